The summed E-state index contributed by atoms with van der Waals surface area (Å²) in [5, 5.41) is 14.1. The van der Waals surface area contributed by atoms with Crippen LogP contribution in [-0.4, -0.2) is 17.9 Å². The summed E-state index contributed by atoms with van der Waals surface area (Å²) in [5.74, 6) is 0.147. The first-order chi connectivity index (χ1) is 13.6. The minimum absolute atomic E-state index is 0.0159. The minimum atomic E-state index is -1.08. The van der Waals surface area contributed by atoms with Gasteiger partial charge in [-0.15, -0.1) is 0 Å². The number of nitrogens with zero attached hydrogens (tertiary/aromatic N) is 1. The van der Waals surface area contributed by atoms with Crippen molar-refractivity contribution in [3.05, 3.63) is 94.5 Å². The number of benzene rings is 3. The second-order valence-corrected chi connectivity index (χ2v) is 5.85. The number of rotatable bonds is 7. The Kier molecular flexibility index (Phi) is 5.86. The van der Waals surface area contributed by atoms with E-state index in [4.69, 9.17) is 9.47 Å². The quantitative estimate of drug-likeness (QED) is 0.487. The third-order valence-corrected chi connectivity index (χ3v) is 3.98. The molecule has 7 nitrogen and oxygen atoms in total. The zero-order valence-electron chi connectivity index (χ0n) is 15.1. The van der Waals surface area contributed by atoms with Gasteiger partial charge in [0.25, 0.3) is 5.91 Å². The van der Waals surface area contributed by atoms with Crippen molar-refractivity contribution >= 4 is 17.3 Å². The highest BCUT2D eigenvalue weighted by Gasteiger charge is 2.26. The Balaban J connectivity index is 1.91. The van der Waals surface area contributed by atoms with Gasteiger partial charge in [0.1, 0.15) is 5.75 Å². The predicted octanol–water partition coefficient (Wildman–Crippen LogP) is 4.36. The Morgan fingerprint density at radius 3 is 2.43 bits per heavy atom. The molecule has 0 radical (unpaired) electrons. The second-order valence-electron chi connectivity index (χ2n) is 5.85. The fourth-order valence-electron chi connectivity index (χ4n) is 2.64. The molecule has 1 atom stereocenters. The van der Waals surface area contributed by atoms with Crippen molar-refractivity contribution in [2.24, 2.45) is 0 Å². The summed E-state index contributed by atoms with van der Waals surface area (Å²) in [4.78, 5) is 23.7. The minimum Gasteiger partial charge on any atom is -0.497 e. The number of hydrogen-bond donors (Lipinski definition) is 1. The molecule has 7 heteroatoms. The zero-order chi connectivity index (χ0) is 19.9. The fourth-order valence-corrected chi connectivity index (χ4v) is 2.64. The standard InChI is InChI=1S/C21H18N2O5/c1-27-17-11-7-10-16(14-17)22-21(24)20(15-8-3-2-4-9-15)28-19-13-6-5-12-18(19)23(25)26/h2-14,20H,1H3,(H,22,24)/t20-/m0/s1. The third kappa shape index (κ3) is 4.45. The molecule has 0 bridgehead atoms. The van der Waals surface area contributed by atoms with Gasteiger partial charge in [-0.2, -0.15) is 0 Å². The molecule has 0 unspecified atom stereocenters. The highest BCUT2D eigenvalue weighted by atomic mass is 16.6. The Labute approximate surface area is 161 Å². The average molecular weight is 378 g/mol. The molecule has 0 aliphatic carbocycles. The average Bonchev–Trinajstić information content (AvgIpc) is 2.72. The molecule has 1 amide bonds. The van der Waals surface area contributed by atoms with E-state index in [1.54, 1.807) is 60.7 Å². The molecule has 1 N–H and O–H groups in total. The van der Waals surface area contributed by atoms with Crippen LogP contribution in [0.3, 0.4) is 0 Å². The fraction of sp³-hybridized carbons (Fsp3) is 0.0952. The van der Waals surface area contributed by atoms with Gasteiger partial charge in [-0.25, -0.2) is 0 Å². The number of carbonyl (C=O) groups is 1. The van der Waals surface area contributed by atoms with Crippen LogP contribution in [0.2, 0.25) is 0 Å². The van der Waals surface area contributed by atoms with Crippen molar-refractivity contribution in [3.63, 3.8) is 0 Å². The van der Waals surface area contributed by atoms with Crippen molar-refractivity contribution in [1.82, 2.24) is 0 Å². The Morgan fingerprint density at radius 2 is 1.71 bits per heavy atom. The second kappa shape index (κ2) is 8.68. The molecule has 0 saturated carbocycles. The number of nitrogens with one attached hydrogen (secondary N) is 1. The lowest BCUT2D eigenvalue weighted by atomic mass is 10.1. The molecule has 3 aromatic carbocycles. The number of anilines is 1. The topological polar surface area (TPSA) is 90.7 Å². The van der Waals surface area contributed by atoms with Crippen LogP contribution in [0.1, 0.15) is 11.7 Å². The lowest BCUT2D eigenvalue weighted by Gasteiger charge is -2.19. The maximum atomic E-state index is 13.0. The lowest BCUT2D eigenvalue weighted by molar-refractivity contribution is -0.386. The molecule has 0 saturated heterocycles. The summed E-state index contributed by atoms with van der Waals surface area (Å²) >= 11 is 0. The normalized spacial score (nSPS) is 11.3. The SMILES string of the molecule is COc1cccc(NC(=O)[C@@H](Oc2ccccc2[N+](=O)[O-])c2ccccc2)c1. The van der Waals surface area contributed by atoms with Crippen molar-refractivity contribution in [1.29, 1.82) is 0 Å². The predicted molar refractivity (Wildman–Crippen MR) is 105 cm³/mol. The van der Waals surface area contributed by atoms with E-state index >= 15 is 0 Å². The van der Waals surface area contributed by atoms with Crippen molar-refractivity contribution < 1.29 is 19.2 Å². The molecule has 0 aliphatic heterocycles. The van der Waals surface area contributed by atoms with Crippen LogP contribution < -0.4 is 14.8 Å². The molecule has 0 aromatic heterocycles. The van der Waals surface area contributed by atoms with Crippen LogP contribution in [0.15, 0.2) is 78.9 Å². The van der Waals surface area contributed by atoms with Gasteiger partial charge in [-0.05, 0) is 18.2 Å². The number of ether oxygens (including phenoxy) is 2. The van der Waals surface area contributed by atoms with Crippen molar-refractivity contribution in [2.75, 3.05) is 12.4 Å². The molecular formula is C21H18N2O5. The monoisotopic (exact) mass is 378 g/mol. The third-order valence-electron chi connectivity index (χ3n) is 3.98. The zero-order valence-corrected chi connectivity index (χ0v) is 15.1. The van der Waals surface area contributed by atoms with E-state index in [0.717, 1.165) is 0 Å². The number of para-hydroxylation sites is 2. The summed E-state index contributed by atoms with van der Waals surface area (Å²) in [7, 11) is 1.53. The first-order valence-corrected chi connectivity index (χ1v) is 8.48. The van der Waals surface area contributed by atoms with Gasteiger partial charge >= 0.3 is 5.69 Å². The first-order valence-electron chi connectivity index (χ1n) is 8.48. The molecule has 0 heterocycles. The number of methoxy groups -OCH3 is 1. The number of carbonyl (C=O) groups excluding carboxylic acids is 1. The van der Waals surface area contributed by atoms with E-state index in [1.807, 2.05) is 6.07 Å². The van der Waals surface area contributed by atoms with Gasteiger partial charge in [0, 0.05) is 23.4 Å². The first kappa shape index (κ1) is 18.9. The van der Waals surface area contributed by atoms with Gasteiger partial charge in [-0.1, -0.05) is 48.5 Å². The molecular weight excluding hydrogens is 360 g/mol. The molecule has 3 aromatic rings. The molecule has 0 fully saturated rings. The van der Waals surface area contributed by atoms with Crippen LogP contribution >= 0.6 is 0 Å². The molecule has 28 heavy (non-hydrogen) atoms. The number of nitro benzene ring substituents is 1. The lowest BCUT2D eigenvalue weighted by Crippen LogP contribution is -2.26. The highest BCUT2D eigenvalue weighted by molar-refractivity contribution is 5.95. The van der Waals surface area contributed by atoms with Gasteiger partial charge in [0.15, 0.2) is 5.75 Å². The van der Waals surface area contributed by atoms with E-state index in [9.17, 15) is 14.9 Å². The van der Waals surface area contributed by atoms with E-state index < -0.39 is 16.9 Å². The summed E-state index contributed by atoms with van der Waals surface area (Å²) in [6.07, 6.45) is -1.08. The molecule has 3 rings (SSSR count). The molecule has 142 valence electrons. The van der Waals surface area contributed by atoms with E-state index in [0.29, 0.717) is 17.0 Å². The Bertz CT molecular complexity index is 975. The van der Waals surface area contributed by atoms with E-state index in [-0.39, 0.29) is 11.4 Å². The van der Waals surface area contributed by atoms with Gasteiger partial charge in [-0.3, -0.25) is 14.9 Å². The maximum absolute atomic E-state index is 13.0. The summed E-state index contributed by atoms with van der Waals surface area (Å²) < 4.78 is 11.0. The smallest absolute Gasteiger partial charge is 0.310 e. The van der Waals surface area contributed by atoms with Crippen LogP contribution in [0.4, 0.5) is 11.4 Å². The van der Waals surface area contributed by atoms with E-state index in [2.05, 4.69) is 5.32 Å². The highest BCUT2D eigenvalue weighted by Crippen LogP contribution is 2.31. The number of hydrogen-bond acceptors (Lipinski definition) is 5. The van der Waals surface area contributed by atoms with Gasteiger partial charge in [0.05, 0.1) is 12.0 Å². The summed E-state index contributed by atoms with van der Waals surface area (Å²) in [5.41, 5.74) is 0.884. The Hall–Kier alpha value is -3.87. The van der Waals surface area contributed by atoms with Crippen LogP contribution in [0, 0.1) is 10.1 Å². The van der Waals surface area contributed by atoms with Crippen molar-refractivity contribution in [3.8, 4) is 11.5 Å². The largest absolute Gasteiger partial charge is 0.497 e. The van der Waals surface area contributed by atoms with Crippen molar-refractivity contribution in [2.45, 2.75) is 6.10 Å². The van der Waals surface area contributed by atoms with Crippen LogP contribution in [-0.2, 0) is 4.79 Å². The number of amides is 1. The summed E-state index contributed by atoms with van der Waals surface area (Å²) in [6, 6.07) is 21.6. The molecule has 0 aliphatic rings. The van der Waals surface area contributed by atoms with Gasteiger partial charge < -0.3 is 14.8 Å². The Morgan fingerprint density at radius 1 is 1.00 bits per heavy atom. The molecule has 0 spiro atoms. The van der Waals surface area contributed by atoms with Crippen LogP contribution in [0.25, 0.3) is 0 Å². The number of nitro groups is 1. The summed E-state index contributed by atoms with van der Waals surface area (Å²) in [6.45, 7) is 0. The maximum Gasteiger partial charge on any atom is 0.310 e. The van der Waals surface area contributed by atoms with E-state index in [1.165, 1.54) is 19.2 Å². The van der Waals surface area contributed by atoms with Gasteiger partial charge in [0.2, 0.25) is 6.10 Å². The van der Waals surface area contributed by atoms with Crippen LogP contribution in [0.5, 0.6) is 11.5 Å².